The highest BCUT2D eigenvalue weighted by molar-refractivity contribution is 5.56. The molecule has 10 heteroatoms. The molecule has 0 aliphatic carbocycles. The Morgan fingerprint density at radius 2 is 1.26 bits per heavy atom. The fourth-order valence-corrected chi connectivity index (χ4v) is 4.11. The Kier molecular flexibility index (Phi) is 6.08. The minimum atomic E-state index is 0.590. The normalized spacial score (nSPS) is 20.9. The second-order valence-electron chi connectivity index (χ2n) is 8.37. The Hall–Kier alpha value is -2.59. The third-order valence-electron chi connectivity index (χ3n) is 6.14. The third kappa shape index (κ3) is 4.69. The van der Waals surface area contributed by atoms with Gasteiger partial charge in [0.2, 0.25) is 17.8 Å². The standard InChI is InChI=1S/C21H30N8O2/c1-16-3-6-27(7-4-16)19-22-5-2-17(23-19)18-24-20(28-8-12-30-13-9-28)26-21(25-18)29-10-14-31-15-11-29/h2,5,16H,3-4,6-15H2,1H3. The molecule has 0 aromatic carbocycles. The highest BCUT2D eigenvalue weighted by atomic mass is 16.5. The molecular formula is C21H30N8O2. The molecule has 31 heavy (non-hydrogen) atoms. The molecule has 0 saturated carbocycles. The van der Waals surface area contributed by atoms with Crippen molar-refractivity contribution < 1.29 is 9.47 Å². The maximum absolute atomic E-state index is 5.51. The lowest BCUT2D eigenvalue weighted by Gasteiger charge is -2.31. The number of anilines is 3. The largest absolute Gasteiger partial charge is 0.378 e. The van der Waals surface area contributed by atoms with Crippen LogP contribution < -0.4 is 14.7 Å². The molecule has 2 aromatic heterocycles. The maximum atomic E-state index is 5.51. The average molecular weight is 427 g/mol. The Morgan fingerprint density at radius 1 is 0.710 bits per heavy atom. The second-order valence-corrected chi connectivity index (χ2v) is 8.37. The molecule has 3 saturated heterocycles. The summed E-state index contributed by atoms with van der Waals surface area (Å²) < 4.78 is 11.0. The summed E-state index contributed by atoms with van der Waals surface area (Å²) >= 11 is 0. The Balaban J connectivity index is 1.47. The van der Waals surface area contributed by atoms with Gasteiger partial charge in [0.05, 0.1) is 26.4 Å². The zero-order valence-corrected chi connectivity index (χ0v) is 18.1. The quantitative estimate of drug-likeness (QED) is 0.711. The highest BCUT2D eigenvalue weighted by Gasteiger charge is 2.23. The number of nitrogens with zero attached hydrogens (tertiary/aromatic N) is 8. The third-order valence-corrected chi connectivity index (χ3v) is 6.14. The Morgan fingerprint density at radius 3 is 1.84 bits per heavy atom. The first kappa shape index (κ1) is 20.3. The molecule has 3 fully saturated rings. The van der Waals surface area contributed by atoms with Gasteiger partial charge in [-0.25, -0.2) is 9.97 Å². The first-order valence-electron chi connectivity index (χ1n) is 11.3. The van der Waals surface area contributed by atoms with E-state index < -0.39 is 0 Å². The smallest absolute Gasteiger partial charge is 0.230 e. The van der Waals surface area contributed by atoms with E-state index in [1.54, 1.807) is 0 Å². The Bertz CT molecular complexity index is 841. The lowest BCUT2D eigenvalue weighted by molar-refractivity contribution is 0.121. The van der Waals surface area contributed by atoms with Gasteiger partial charge in [0.1, 0.15) is 5.69 Å². The summed E-state index contributed by atoms with van der Waals surface area (Å²) in [5, 5.41) is 0. The summed E-state index contributed by atoms with van der Waals surface area (Å²) in [5.41, 5.74) is 0.732. The van der Waals surface area contributed by atoms with Crippen LogP contribution in [-0.4, -0.2) is 90.6 Å². The molecule has 5 rings (SSSR count). The molecule has 10 nitrogen and oxygen atoms in total. The molecule has 0 unspecified atom stereocenters. The van der Waals surface area contributed by atoms with Crippen LogP contribution in [0, 0.1) is 5.92 Å². The van der Waals surface area contributed by atoms with Crippen molar-refractivity contribution in [3.05, 3.63) is 12.3 Å². The molecule has 3 aliphatic rings. The Labute approximate surface area is 182 Å². The van der Waals surface area contributed by atoms with Crippen molar-refractivity contribution in [2.75, 3.05) is 80.4 Å². The minimum absolute atomic E-state index is 0.590. The van der Waals surface area contributed by atoms with Crippen molar-refractivity contribution in [3.8, 4) is 11.5 Å². The fraction of sp³-hybridized carbons (Fsp3) is 0.667. The molecule has 3 aliphatic heterocycles. The van der Waals surface area contributed by atoms with E-state index in [1.165, 1.54) is 12.8 Å². The number of morpholine rings is 2. The first-order chi connectivity index (χ1) is 15.3. The van der Waals surface area contributed by atoms with Gasteiger partial charge in [-0.15, -0.1) is 0 Å². The molecule has 0 spiro atoms. The highest BCUT2D eigenvalue weighted by Crippen LogP contribution is 2.24. The number of hydrogen-bond donors (Lipinski definition) is 0. The van der Waals surface area contributed by atoms with Gasteiger partial charge in [-0.2, -0.15) is 15.0 Å². The summed E-state index contributed by atoms with van der Waals surface area (Å²) in [7, 11) is 0. The molecule has 0 radical (unpaired) electrons. The van der Waals surface area contributed by atoms with Gasteiger partial charge in [-0.1, -0.05) is 6.92 Å². The van der Waals surface area contributed by atoms with Crippen molar-refractivity contribution in [1.29, 1.82) is 0 Å². The van der Waals surface area contributed by atoms with Crippen LogP contribution >= 0.6 is 0 Å². The molecular weight excluding hydrogens is 396 g/mol. The van der Waals surface area contributed by atoms with Crippen LogP contribution in [0.2, 0.25) is 0 Å². The first-order valence-corrected chi connectivity index (χ1v) is 11.3. The molecule has 2 aromatic rings. The molecule has 0 bridgehead atoms. The summed E-state index contributed by atoms with van der Waals surface area (Å²) in [6, 6.07) is 1.89. The van der Waals surface area contributed by atoms with Crippen LogP contribution in [0.4, 0.5) is 17.8 Å². The summed E-state index contributed by atoms with van der Waals surface area (Å²) in [6.07, 6.45) is 4.14. The van der Waals surface area contributed by atoms with Gasteiger partial charge in [0, 0.05) is 45.5 Å². The predicted octanol–water partition coefficient (Wildman–Crippen LogP) is 1.24. The number of piperidine rings is 1. The van der Waals surface area contributed by atoms with Crippen molar-refractivity contribution in [1.82, 2.24) is 24.9 Å². The molecule has 166 valence electrons. The molecule has 0 amide bonds. The summed E-state index contributed by atoms with van der Waals surface area (Å²) in [4.78, 5) is 30.3. The zero-order valence-electron chi connectivity index (χ0n) is 18.1. The zero-order chi connectivity index (χ0) is 21.0. The van der Waals surface area contributed by atoms with Crippen LogP contribution in [0.1, 0.15) is 19.8 Å². The summed E-state index contributed by atoms with van der Waals surface area (Å²) in [5.74, 6) is 3.47. The van der Waals surface area contributed by atoms with Crippen molar-refractivity contribution in [2.45, 2.75) is 19.8 Å². The van der Waals surface area contributed by atoms with Crippen LogP contribution in [0.25, 0.3) is 11.5 Å². The van der Waals surface area contributed by atoms with Gasteiger partial charge >= 0.3 is 0 Å². The predicted molar refractivity (Wildman–Crippen MR) is 118 cm³/mol. The van der Waals surface area contributed by atoms with Crippen LogP contribution in [0.15, 0.2) is 12.3 Å². The SMILES string of the molecule is CC1CCN(c2nccc(-c3nc(N4CCOCC4)nc(N4CCOCC4)n3)n2)CC1. The summed E-state index contributed by atoms with van der Waals surface area (Å²) in [6.45, 7) is 10.1. The molecule has 0 atom stereocenters. The molecule has 5 heterocycles. The number of aromatic nitrogens is 5. The van der Waals surface area contributed by atoms with Gasteiger partial charge in [-0.05, 0) is 24.8 Å². The van der Waals surface area contributed by atoms with Crippen LogP contribution in [0.3, 0.4) is 0 Å². The van der Waals surface area contributed by atoms with E-state index in [1.807, 2.05) is 12.3 Å². The fourth-order valence-electron chi connectivity index (χ4n) is 4.11. The number of rotatable bonds is 4. The van der Waals surface area contributed by atoms with E-state index in [4.69, 9.17) is 29.4 Å². The van der Waals surface area contributed by atoms with Gasteiger partial charge < -0.3 is 24.2 Å². The van der Waals surface area contributed by atoms with E-state index >= 15 is 0 Å². The molecule has 0 N–H and O–H groups in total. The lowest BCUT2D eigenvalue weighted by Crippen LogP contribution is -2.40. The lowest BCUT2D eigenvalue weighted by atomic mass is 10.00. The van der Waals surface area contributed by atoms with Crippen LogP contribution in [0.5, 0.6) is 0 Å². The monoisotopic (exact) mass is 426 g/mol. The number of hydrogen-bond acceptors (Lipinski definition) is 10. The van der Waals surface area contributed by atoms with E-state index in [2.05, 4.69) is 26.6 Å². The average Bonchev–Trinajstić information content (AvgIpc) is 2.85. The van der Waals surface area contributed by atoms with Crippen molar-refractivity contribution in [3.63, 3.8) is 0 Å². The van der Waals surface area contributed by atoms with Crippen molar-refractivity contribution in [2.24, 2.45) is 5.92 Å². The van der Waals surface area contributed by atoms with Crippen LogP contribution in [-0.2, 0) is 9.47 Å². The van der Waals surface area contributed by atoms with E-state index in [-0.39, 0.29) is 0 Å². The topological polar surface area (TPSA) is 92.6 Å². The van der Waals surface area contributed by atoms with Gasteiger partial charge in [0.15, 0.2) is 5.82 Å². The van der Waals surface area contributed by atoms with E-state index in [0.29, 0.717) is 44.1 Å². The minimum Gasteiger partial charge on any atom is -0.378 e. The van der Waals surface area contributed by atoms with Gasteiger partial charge in [0.25, 0.3) is 0 Å². The number of ether oxygens (including phenoxy) is 2. The van der Waals surface area contributed by atoms with E-state index in [9.17, 15) is 0 Å². The van der Waals surface area contributed by atoms with E-state index in [0.717, 1.165) is 56.8 Å². The maximum Gasteiger partial charge on any atom is 0.230 e. The second kappa shape index (κ2) is 9.27. The van der Waals surface area contributed by atoms with Gasteiger partial charge in [-0.3, -0.25) is 0 Å². The van der Waals surface area contributed by atoms with Crippen molar-refractivity contribution >= 4 is 17.8 Å².